The largest absolute Gasteiger partial charge is 0.464 e. The van der Waals surface area contributed by atoms with Gasteiger partial charge in [0.1, 0.15) is 16.7 Å². The predicted molar refractivity (Wildman–Crippen MR) is 100 cm³/mol. The molecule has 0 spiro atoms. The molecule has 136 valence electrons. The maximum absolute atomic E-state index is 13.3. The van der Waals surface area contributed by atoms with Crippen molar-refractivity contribution in [3.05, 3.63) is 26.6 Å². The lowest BCUT2D eigenvalue weighted by atomic mass is 9.89. The van der Waals surface area contributed by atoms with E-state index in [1.165, 1.54) is 4.88 Å². The van der Waals surface area contributed by atoms with Gasteiger partial charge in [-0.3, -0.25) is 9.36 Å². The van der Waals surface area contributed by atoms with Crippen LogP contribution in [0.5, 0.6) is 0 Å². The molecule has 1 aliphatic carbocycles. The van der Waals surface area contributed by atoms with Crippen LogP contribution in [-0.4, -0.2) is 22.1 Å². The van der Waals surface area contributed by atoms with Gasteiger partial charge >= 0.3 is 5.97 Å². The summed E-state index contributed by atoms with van der Waals surface area (Å²) in [6.07, 6.45) is 4.32. The Labute approximate surface area is 152 Å². The molecule has 0 N–H and O–H groups in total. The van der Waals surface area contributed by atoms with E-state index in [4.69, 9.17) is 4.74 Å². The van der Waals surface area contributed by atoms with Crippen LogP contribution < -0.4 is 5.56 Å². The first-order chi connectivity index (χ1) is 12.0. The van der Waals surface area contributed by atoms with Crippen LogP contribution in [-0.2, 0) is 22.4 Å². The van der Waals surface area contributed by atoms with Gasteiger partial charge in [0.15, 0.2) is 0 Å². The highest BCUT2D eigenvalue weighted by atomic mass is 32.1. The number of aryl methyl sites for hydroxylation is 2. The van der Waals surface area contributed by atoms with Gasteiger partial charge in [0.25, 0.3) is 5.56 Å². The smallest absolute Gasteiger partial charge is 0.329 e. The summed E-state index contributed by atoms with van der Waals surface area (Å²) >= 11 is 1.64. The molecule has 3 rings (SSSR count). The van der Waals surface area contributed by atoms with Gasteiger partial charge in [0, 0.05) is 4.88 Å². The summed E-state index contributed by atoms with van der Waals surface area (Å²) < 4.78 is 6.85. The molecular weight excluding hydrogens is 336 g/mol. The first-order valence-corrected chi connectivity index (χ1v) is 9.99. The molecule has 1 aliphatic rings. The Balaban J connectivity index is 2.12. The quantitative estimate of drug-likeness (QED) is 0.759. The van der Waals surface area contributed by atoms with E-state index in [1.807, 2.05) is 13.8 Å². The lowest BCUT2D eigenvalue weighted by Gasteiger charge is -2.20. The molecule has 25 heavy (non-hydrogen) atoms. The third kappa shape index (κ3) is 3.24. The van der Waals surface area contributed by atoms with Crippen LogP contribution in [0.4, 0.5) is 0 Å². The monoisotopic (exact) mass is 362 g/mol. The van der Waals surface area contributed by atoms with Gasteiger partial charge in [-0.05, 0) is 50.5 Å². The molecule has 0 aliphatic heterocycles. The van der Waals surface area contributed by atoms with E-state index in [1.54, 1.807) is 22.8 Å². The minimum absolute atomic E-state index is 0.0881. The molecule has 6 heteroatoms. The van der Waals surface area contributed by atoms with E-state index in [2.05, 4.69) is 11.9 Å². The number of esters is 1. The van der Waals surface area contributed by atoms with Crippen molar-refractivity contribution < 1.29 is 9.53 Å². The molecule has 2 atom stereocenters. The summed E-state index contributed by atoms with van der Waals surface area (Å²) in [5, 5.41) is 0.722. The molecule has 0 amide bonds. The van der Waals surface area contributed by atoms with Crippen LogP contribution in [0.2, 0.25) is 0 Å². The number of ether oxygens (including phenoxy) is 1. The normalized spacial score (nSPS) is 18.2. The Kier molecular flexibility index (Phi) is 5.27. The summed E-state index contributed by atoms with van der Waals surface area (Å²) in [5.74, 6) is 0.897. The number of nitrogens with zero attached hydrogens (tertiary/aromatic N) is 2. The van der Waals surface area contributed by atoms with E-state index in [-0.39, 0.29) is 11.5 Å². The van der Waals surface area contributed by atoms with Crippen LogP contribution in [0.3, 0.4) is 0 Å². The van der Waals surface area contributed by atoms with Crippen LogP contribution in [0.1, 0.15) is 62.3 Å². The summed E-state index contributed by atoms with van der Waals surface area (Å²) in [5.41, 5.74) is 1.07. The highest BCUT2D eigenvalue weighted by molar-refractivity contribution is 7.18. The molecule has 5 nitrogen and oxygen atoms in total. The Morgan fingerprint density at radius 1 is 1.44 bits per heavy atom. The minimum Gasteiger partial charge on any atom is -0.464 e. The standard InChI is InChI=1S/C19H26N2O3S/c1-5-9-24-19(23)14(6-2)21-12(4)20-17-16(18(21)22)13-8-7-11(3)10-15(13)25-17/h11,14H,5-10H2,1-4H3. The van der Waals surface area contributed by atoms with Crippen molar-refractivity contribution in [2.45, 2.75) is 65.8 Å². The van der Waals surface area contributed by atoms with E-state index in [0.717, 1.165) is 41.5 Å². The second-order valence-corrected chi connectivity index (χ2v) is 8.04. The predicted octanol–water partition coefficient (Wildman–Crippen LogP) is 3.80. The molecular formula is C19H26N2O3S. The fourth-order valence-corrected chi connectivity index (χ4v) is 5.04. The topological polar surface area (TPSA) is 61.2 Å². The summed E-state index contributed by atoms with van der Waals surface area (Å²) in [6.45, 7) is 8.29. The maximum atomic E-state index is 13.3. The van der Waals surface area contributed by atoms with Crippen molar-refractivity contribution in [2.75, 3.05) is 6.61 Å². The Bertz CT molecular complexity index is 852. The van der Waals surface area contributed by atoms with Gasteiger partial charge in [-0.1, -0.05) is 20.8 Å². The van der Waals surface area contributed by atoms with Crippen LogP contribution in [0, 0.1) is 12.8 Å². The second-order valence-electron chi connectivity index (χ2n) is 6.96. The molecule has 2 aromatic heterocycles. The number of hydrogen-bond acceptors (Lipinski definition) is 5. The molecule has 0 radical (unpaired) electrons. The zero-order chi connectivity index (χ0) is 18.1. The van der Waals surface area contributed by atoms with Gasteiger partial charge in [0.05, 0.1) is 12.0 Å². The van der Waals surface area contributed by atoms with Crippen molar-refractivity contribution in [1.82, 2.24) is 9.55 Å². The SMILES string of the molecule is CCCOC(=O)C(CC)n1c(C)nc2sc3c(c2c1=O)CCC(C)C3. The molecule has 0 saturated carbocycles. The van der Waals surface area contributed by atoms with Gasteiger partial charge in [-0.2, -0.15) is 0 Å². The molecule has 0 aromatic carbocycles. The second kappa shape index (κ2) is 7.28. The lowest BCUT2D eigenvalue weighted by molar-refractivity contribution is -0.148. The van der Waals surface area contributed by atoms with E-state index in [0.29, 0.717) is 24.8 Å². The number of fused-ring (bicyclic) bond motifs is 3. The zero-order valence-electron chi connectivity index (χ0n) is 15.4. The number of carbonyl (C=O) groups excluding carboxylic acids is 1. The minimum atomic E-state index is -0.603. The van der Waals surface area contributed by atoms with Crippen LogP contribution >= 0.6 is 11.3 Å². The van der Waals surface area contributed by atoms with Crippen molar-refractivity contribution in [1.29, 1.82) is 0 Å². The van der Waals surface area contributed by atoms with Crippen LogP contribution in [0.25, 0.3) is 10.2 Å². The molecule has 0 bridgehead atoms. The summed E-state index contributed by atoms with van der Waals surface area (Å²) in [4.78, 5) is 32.5. The molecule has 2 aromatic rings. The number of aromatic nitrogens is 2. The molecule has 0 fully saturated rings. The van der Waals surface area contributed by atoms with E-state index < -0.39 is 6.04 Å². The summed E-state index contributed by atoms with van der Waals surface area (Å²) in [6, 6.07) is -0.603. The third-order valence-electron chi connectivity index (χ3n) is 4.96. The van der Waals surface area contributed by atoms with Crippen LogP contribution in [0.15, 0.2) is 4.79 Å². The fourth-order valence-electron chi connectivity index (χ4n) is 3.62. The molecule has 0 saturated heterocycles. The highest BCUT2D eigenvalue weighted by Gasteiger charge is 2.28. The van der Waals surface area contributed by atoms with Gasteiger partial charge < -0.3 is 4.74 Å². The van der Waals surface area contributed by atoms with Crippen molar-refractivity contribution in [3.8, 4) is 0 Å². The molecule has 2 heterocycles. The van der Waals surface area contributed by atoms with Crippen molar-refractivity contribution >= 4 is 27.5 Å². The highest BCUT2D eigenvalue weighted by Crippen LogP contribution is 2.36. The fraction of sp³-hybridized carbons (Fsp3) is 0.632. The Morgan fingerprint density at radius 3 is 2.88 bits per heavy atom. The van der Waals surface area contributed by atoms with Gasteiger partial charge in [0.2, 0.25) is 0 Å². The van der Waals surface area contributed by atoms with Gasteiger partial charge in [-0.15, -0.1) is 11.3 Å². The van der Waals surface area contributed by atoms with Crippen molar-refractivity contribution in [2.24, 2.45) is 5.92 Å². The number of rotatable bonds is 5. The first kappa shape index (κ1) is 18.1. The first-order valence-electron chi connectivity index (χ1n) is 9.17. The van der Waals surface area contributed by atoms with Gasteiger partial charge in [-0.25, -0.2) is 9.78 Å². The number of hydrogen-bond donors (Lipinski definition) is 0. The lowest BCUT2D eigenvalue weighted by Crippen LogP contribution is -2.33. The van der Waals surface area contributed by atoms with E-state index >= 15 is 0 Å². The Morgan fingerprint density at radius 2 is 2.20 bits per heavy atom. The zero-order valence-corrected chi connectivity index (χ0v) is 16.2. The van der Waals surface area contributed by atoms with E-state index in [9.17, 15) is 9.59 Å². The number of carbonyl (C=O) groups is 1. The number of thiophene rings is 1. The maximum Gasteiger partial charge on any atom is 0.329 e. The Hall–Kier alpha value is -1.69. The average Bonchev–Trinajstić information content (AvgIpc) is 2.93. The van der Waals surface area contributed by atoms with Crippen molar-refractivity contribution in [3.63, 3.8) is 0 Å². The average molecular weight is 362 g/mol. The third-order valence-corrected chi connectivity index (χ3v) is 6.10. The molecule has 2 unspecified atom stereocenters. The summed E-state index contributed by atoms with van der Waals surface area (Å²) in [7, 11) is 0.